The van der Waals surface area contributed by atoms with Crippen molar-refractivity contribution >= 4 is 22.0 Å². The number of ether oxygens (including phenoxy) is 1. The fourth-order valence-corrected chi connectivity index (χ4v) is 3.68. The molecule has 8 heteroatoms. The van der Waals surface area contributed by atoms with Gasteiger partial charge in [0.15, 0.2) is 0 Å². The van der Waals surface area contributed by atoms with Crippen LogP contribution in [0.5, 0.6) is 5.75 Å². The Morgan fingerprint density at radius 2 is 1.76 bits per heavy atom. The highest BCUT2D eigenvalue weighted by Gasteiger charge is 2.31. The first-order chi connectivity index (χ1) is 15.9. The number of allylic oxidation sites excluding steroid dienone is 1. The Kier molecular flexibility index (Phi) is 6.44. The lowest BCUT2D eigenvalue weighted by molar-refractivity contribution is -0.122. The smallest absolute Gasteiger partial charge is 0.393 e. The van der Waals surface area contributed by atoms with Gasteiger partial charge in [0.05, 0.1) is 30.1 Å². The monoisotopic (exact) mass is 455 g/mol. The van der Waals surface area contributed by atoms with E-state index < -0.39 is 18.5 Å². The second kappa shape index (κ2) is 9.44. The van der Waals surface area contributed by atoms with Crippen molar-refractivity contribution in [3.63, 3.8) is 0 Å². The summed E-state index contributed by atoms with van der Waals surface area (Å²) in [5.74, 6) is -0.275. The maximum atomic E-state index is 14.2. The van der Waals surface area contributed by atoms with Gasteiger partial charge in [-0.05, 0) is 46.9 Å². The van der Waals surface area contributed by atoms with Gasteiger partial charge in [0.1, 0.15) is 5.75 Å². The average Bonchev–Trinajstić information content (AvgIpc) is 3.17. The van der Waals surface area contributed by atoms with E-state index in [4.69, 9.17) is 4.74 Å². The Hall–Kier alpha value is -3.68. The lowest BCUT2D eigenvalue weighted by atomic mass is 9.88. The molecule has 0 bridgehead atoms. The van der Waals surface area contributed by atoms with Crippen molar-refractivity contribution in [3.8, 4) is 5.75 Å². The molecule has 2 heterocycles. The number of fused-ring (bicyclic) bond motifs is 1. The standard InChI is InChI=1S/C25H21F4N3O/c1-2-10-33-19-11-18(14-30-15-19)23(17-8-9-22-20(12-17)24(26)32-31-22)21(13-25(27,28)29)16-6-4-3-5-7-16/h3-9,11-12,14-15H,2,10,13H2,1H3,(H,31,32)/b23-21-. The molecule has 0 aliphatic carbocycles. The lowest BCUT2D eigenvalue weighted by Crippen LogP contribution is -2.10. The van der Waals surface area contributed by atoms with Crippen LogP contribution in [0, 0.1) is 5.95 Å². The summed E-state index contributed by atoms with van der Waals surface area (Å²) >= 11 is 0. The van der Waals surface area contributed by atoms with Gasteiger partial charge in [-0.3, -0.25) is 10.1 Å². The molecule has 0 aliphatic rings. The first-order valence-corrected chi connectivity index (χ1v) is 10.4. The Labute approximate surface area is 187 Å². The van der Waals surface area contributed by atoms with Crippen molar-refractivity contribution in [1.82, 2.24) is 15.2 Å². The van der Waals surface area contributed by atoms with Gasteiger partial charge in [-0.15, -0.1) is 5.10 Å². The van der Waals surface area contributed by atoms with E-state index in [-0.39, 0.29) is 11.0 Å². The molecule has 4 nitrogen and oxygen atoms in total. The Bertz CT molecular complexity index is 1280. The van der Waals surface area contributed by atoms with Gasteiger partial charge in [-0.25, -0.2) is 0 Å². The van der Waals surface area contributed by atoms with Crippen LogP contribution in [0.3, 0.4) is 0 Å². The second-order valence-corrected chi connectivity index (χ2v) is 7.54. The molecule has 0 aliphatic heterocycles. The van der Waals surface area contributed by atoms with Crippen LogP contribution in [0.2, 0.25) is 0 Å². The van der Waals surface area contributed by atoms with Gasteiger partial charge >= 0.3 is 6.18 Å². The zero-order chi connectivity index (χ0) is 23.4. The Balaban J connectivity index is 2.00. The van der Waals surface area contributed by atoms with Crippen molar-refractivity contribution in [2.45, 2.75) is 25.9 Å². The number of benzene rings is 2. The summed E-state index contributed by atoms with van der Waals surface area (Å²) in [6.07, 6.45) is -1.86. The SMILES string of the molecule is CCCOc1cncc(/C(=C(/CC(F)(F)F)c2ccccc2)c2ccc3[nH]nc(F)c3c2)c1. The van der Waals surface area contributed by atoms with Gasteiger partial charge in [0.2, 0.25) is 5.95 Å². The predicted molar refractivity (Wildman–Crippen MR) is 119 cm³/mol. The topological polar surface area (TPSA) is 50.8 Å². The van der Waals surface area contributed by atoms with Crippen molar-refractivity contribution in [1.29, 1.82) is 0 Å². The molecule has 2 aromatic carbocycles. The highest BCUT2D eigenvalue weighted by Crippen LogP contribution is 2.40. The fraction of sp³-hybridized carbons (Fsp3) is 0.200. The summed E-state index contributed by atoms with van der Waals surface area (Å²) in [4.78, 5) is 4.19. The van der Waals surface area contributed by atoms with Crippen LogP contribution >= 0.6 is 0 Å². The molecular formula is C25H21F4N3O. The maximum Gasteiger partial charge on any atom is 0.393 e. The largest absolute Gasteiger partial charge is 0.492 e. The maximum absolute atomic E-state index is 14.2. The van der Waals surface area contributed by atoms with E-state index in [1.165, 1.54) is 18.5 Å². The molecule has 1 N–H and O–H groups in total. The number of aromatic nitrogens is 3. The summed E-state index contributed by atoms with van der Waals surface area (Å²) in [5.41, 5.74) is 2.08. The molecule has 2 aromatic heterocycles. The predicted octanol–water partition coefficient (Wildman–Crippen LogP) is 6.80. The number of nitrogens with one attached hydrogen (secondary N) is 1. The number of halogens is 4. The highest BCUT2D eigenvalue weighted by atomic mass is 19.4. The number of nitrogens with zero attached hydrogens (tertiary/aromatic N) is 2. The number of H-pyrrole nitrogens is 1. The second-order valence-electron chi connectivity index (χ2n) is 7.54. The molecule has 33 heavy (non-hydrogen) atoms. The van der Waals surface area contributed by atoms with E-state index in [0.29, 0.717) is 40.1 Å². The average molecular weight is 455 g/mol. The van der Waals surface area contributed by atoms with Gasteiger partial charge in [0, 0.05) is 11.8 Å². The zero-order valence-corrected chi connectivity index (χ0v) is 17.8. The molecule has 0 spiro atoms. The minimum atomic E-state index is -4.47. The van der Waals surface area contributed by atoms with Crippen LogP contribution in [0.1, 0.15) is 36.5 Å². The van der Waals surface area contributed by atoms with Crippen LogP contribution in [-0.2, 0) is 0 Å². The first kappa shape index (κ1) is 22.5. The van der Waals surface area contributed by atoms with E-state index in [2.05, 4.69) is 15.2 Å². The fourth-order valence-electron chi connectivity index (χ4n) is 3.68. The number of aromatic amines is 1. The molecule has 0 unspecified atom stereocenters. The molecule has 0 fully saturated rings. The summed E-state index contributed by atoms with van der Waals surface area (Å²) in [7, 11) is 0. The number of pyridine rings is 1. The van der Waals surface area contributed by atoms with Crippen LogP contribution < -0.4 is 4.74 Å². The van der Waals surface area contributed by atoms with Gasteiger partial charge in [0.25, 0.3) is 0 Å². The summed E-state index contributed by atoms with van der Waals surface area (Å²) in [5, 5.41) is 6.32. The molecular weight excluding hydrogens is 434 g/mol. The minimum absolute atomic E-state index is 0.0563. The molecule has 4 aromatic rings. The van der Waals surface area contributed by atoms with Crippen LogP contribution in [-0.4, -0.2) is 28.0 Å². The number of hydrogen-bond acceptors (Lipinski definition) is 3. The molecule has 0 radical (unpaired) electrons. The van der Waals surface area contributed by atoms with E-state index in [1.807, 2.05) is 6.92 Å². The van der Waals surface area contributed by atoms with E-state index in [9.17, 15) is 17.6 Å². The Morgan fingerprint density at radius 3 is 2.48 bits per heavy atom. The van der Waals surface area contributed by atoms with Crippen LogP contribution in [0.15, 0.2) is 67.0 Å². The first-order valence-electron chi connectivity index (χ1n) is 10.4. The number of rotatable bonds is 7. The molecule has 0 atom stereocenters. The van der Waals surface area contributed by atoms with E-state index in [0.717, 1.165) is 6.42 Å². The minimum Gasteiger partial charge on any atom is -0.492 e. The third kappa shape index (κ3) is 5.22. The van der Waals surface area contributed by atoms with E-state index in [1.54, 1.807) is 48.5 Å². The summed E-state index contributed by atoms with van der Waals surface area (Å²) in [6, 6.07) is 14.8. The van der Waals surface area contributed by atoms with Gasteiger partial charge in [-0.1, -0.05) is 43.3 Å². The number of hydrogen-bond donors (Lipinski definition) is 1. The van der Waals surface area contributed by atoms with Gasteiger partial charge < -0.3 is 4.74 Å². The Morgan fingerprint density at radius 1 is 0.970 bits per heavy atom. The van der Waals surface area contributed by atoms with Gasteiger partial charge in [-0.2, -0.15) is 17.6 Å². The molecule has 0 saturated heterocycles. The van der Waals surface area contributed by atoms with Crippen molar-refractivity contribution < 1.29 is 22.3 Å². The van der Waals surface area contributed by atoms with Crippen LogP contribution in [0.25, 0.3) is 22.0 Å². The third-order valence-electron chi connectivity index (χ3n) is 5.08. The molecule has 0 saturated carbocycles. The van der Waals surface area contributed by atoms with Crippen LogP contribution in [0.4, 0.5) is 17.6 Å². The van der Waals surface area contributed by atoms with Crippen molar-refractivity contribution in [2.24, 2.45) is 0 Å². The summed E-state index contributed by atoms with van der Waals surface area (Å²) < 4.78 is 61.1. The quantitative estimate of drug-likeness (QED) is 0.246. The molecule has 4 rings (SSSR count). The molecule has 170 valence electrons. The lowest BCUT2D eigenvalue weighted by Gasteiger charge is -2.19. The molecule has 0 amide bonds. The normalized spacial score (nSPS) is 12.6. The van der Waals surface area contributed by atoms with Crippen molar-refractivity contribution in [3.05, 3.63) is 89.6 Å². The number of alkyl halides is 3. The summed E-state index contributed by atoms with van der Waals surface area (Å²) in [6.45, 7) is 2.40. The van der Waals surface area contributed by atoms with E-state index >= 15 is 0 Å². The zero-order valence-electron chi connectivity index (χ0n) is 17.8. The highest BCUT2D eigenvalue weighted by molar-refractivity contribution is 6.00. The third-order valence-corrected chi connectivity index (χ3v) is 5.08. The van der Waals surface area contributed by atoms with Crippen molar-refractivity contribution in [2.75, 3.05) is 6.61 Å².